The Morgan fingerprint density at radius 1 is 1.00 bits per heavy atom. The number of amides is 1. The summed E-state index contributed by atoms with van der Waals surface area (Å²) in [6, 6.07) is 13.3. The number of rotatable bonds is 8. The van der Waals surface area contributed by atoms with Crippen molar-refractivity contribution in [1.29, 1.82) is 0 Å². The average molecular weight is 371 g/mol. The van der Waals surface area contributed by atoms with Gasteiger partial charge in [-0.2, -0.15) is 0 Å². The number of halogens is 1. The van der Waals surface area contributed by atoms with Gasteiger partial charge in [0, 0.05) is 5.56 Å². The van der Waals surface area contributed by atoms with Gasteiger partial charge in [0.25, 0.3) is 0 Å². The molecular weight excluding hydrogens is 349 g/mol. The van der Waals surface area contributed by atoms with E-state index in [2.05, 4.69) is 5.32 Å². The quantitative estimate of drug-likeness (QED) is 0.572. The van der Waals surface area contributed by atoms with Gasteiger partial charge in [0.15, 0.2) is 12.4 Å². The molecule has 1 amide bonds. The van der Waals surface area contributed by atoms with E-state index in [1.165, 1.54) is 12.1 Å². The second-order valence-electron chi connectivity index (χ2n) is 6.49. The van der Waals surface area contributed by atoms with Crippen LogP contribution in [0.15, 0.2) is 54.6 Å². The van der Waals surface area contributed by atoms with E-state index in [9.17, 15) is 18.8 Å². The summed E-state index contributed by atoms with van der Waals surface area (Å²) >= 11 is 0. The van der Waals surface area contributed by atoms with E-state index < -0.39 is 30.2 Å². The molecule has 0 saturated heterocycles. The molecule has 2 aromatic carbocycles. The molecule has 0 aliphatic rings. The Morgan fingerprint density at radius 3 is 2.22 bits per heavy atom. The van der Waals surface area contributed by atoms with Crippen LogP contribution in [0.1, 0.15) is 29.8 Å². The molecule has 0 aromatic heterocycles. The monoisotopic (exact) mass is 371 g/mol. The fourth-order valence-electron chi connectivity index (χ4n) is 2.45. The maximum atomic E-state index is 12.9. The number of hydrogen-bond donors (Lipinski definition) is 1. The second kappa shape index (κ2) is 9.62. The first-order valence-corrected chi connectivity index (χ1v) is 8.65. The van der Waals surface area contributed by atoms with Crippen molar-refractivity contribution in [2.45, 2.75) is 26.3 Å². The van der Waals surface area contributed by atoms with Crippen molar-refractivity contribution in [2.24, 2.45) is 5.92 Å². The first kappa shape index (κ1) is 20.3. The van der Waals surface area contributed by atoms with Crippen LogP contribution >= 0.6 is 0 Å². The van der Waals surface area contributed by atoms with Crippen LogP contribution in [0.2, 0.25) is 0 Å². The highest BCUT2D eigenvalue weighted by Gasteiger charge is 2.26. The van der Waals surface area contributed by atoms with Gasteiger partial charge in [-0.05, 0) is 35.7 Å². The highest BCUT2D eigenvalue weighted by molar-refractivity contribution is 5.98. The molecule has 0 bridgehead atoms. The zero-order valence-electron chi connectivity index (χ0n) is 15.3. The Morgan fingerprint density at radius 2 is 1.63 bits per heavy atom. The second-order valence-corrected chi connectivity index (χ2v) is 6.49. The van der Waals surface area contributed by atoms with Crippen LogP contribution in [0.3, 0.4) is 0 Å². The largest absolute Gasteiger partial charge is 0.456 e. The van der Waals surface area contributed by atoms with Gasteiger partial charge in [0.2, 0.25) is 5.91 Å². The van der Waals surface area contributed by atoms with Gasteiger partial charge < -0.3 is 10.1 Å². The molecule has 5 nitrogen and oxygen atoms in total. The minimum atomic E-state index is -0.859. The molecule has 1 atom stereocenters. The molecule has 0 saturated carbocycles. The molecule has 1 N–H and O–H groups in total. The fraction of sp³-hybridized carbons (Fsp3) is 0.286. The van der Waals surface area contributed by atoms with E-state index in [-0.39, 0.29) is 23.8 Å². The molecule has 0 aliphatic heterocycles. The van der Waals surface area contributed by atoms with Crippen LogP contribution in [0.25, 0.3) is 0 Å². The smallest absolute Gasteiger partial charge is 0.329 e. The summed E-state index contributed by atoms with van der Waals surface area (Å²) in [7, 11) is 0. The lowest BCUT2D eigenvalue weighted by molar-refractivity contribution is -0.148. The standard InChI is InChI=1S/C21H22FNO4/c1-14(2)20(23-19(25)12-15-6-4-3-5-7-15)21(26)27-13-18(24)16-8-10-17(22)11-9-16/h3-11,14,20H,12-13H2,1-2H3,(H,23,25)/t20-/m0/s1. The number of Topliss-reactive ketones (excluding diaryl/α,β-unsaturated/α-hetero) is 1. The lowest BCUT2D eigenvalue weighted by Crippen LogP contribution is -2.46. The van der Waals surface area contributed by atoms with Crippen molar-refractivity contribution in [3.8, 4) is 0 Å². The van der Waals surface area contributed by atoms with Crippen molar-refractivity contribution >= 4 is 17.7 Å². The van der Waals surface area contributed by atoms with Gasteiger partial charge in [-0.3, -0.25) is 9.59 Å². The molecule has 0 fully saturated rings. The fourth-order valence-corrected chi connectivity index (χ4v) is 2.45. The molecule has 0 radical (unpaired) electrons. The van der Waals surface area contributed by atoms with Crippen molar-refractivity contribution in [3.05, 3.63) is 71.5 Å². The molecule has 0 heterocycles. The molecule has 0 spiro atoms. The summed E-state index contributed by atoms with van der Waals surface area (Å²) in [6.45, 7) is 3.08. The summed E-state index contributed by atoms with van der Waals surface area (Å²) in [4.78, 5) is 36.5. The van der Waals surface area contributed by atoms with Crippen LogP contribution in [0.5, 0.6) is 0 Å². The van der Waals surface area contributed by atoms with E-state index in [1.54, 1.807) is 13.8 Å². The Hall–Kier alpha value is -3.02. The third-order valence-electron chi connectivity index (χ3n) is 3.96. The highest BCUT2D eigenvalue weighted by Crippen LogP contribution is 2.08. The topological polar surface area (TPSA) is 72.5 Å². The summed E-state index contributed by atoms with van der Waals surface area (Å²) in [5.41, 5.74) is 1.08. The lowest BCUT2D eigenvalue weighted by Gasteiger charge is -2.20. The van der Waals surface area contributed by atoms with E-state index in [1.807, 2.05) is 30.3 Å². The van der Waals surface area contributed by atoms with E-state index >= 15 is 0 Å². The van der Waals surface area contributed by atoms with Crippen LogP contribution in [0.4, 0.5) is 4.39 Å². The maximum absolute atomic E-state index is 12.9. The third kappa shape index (κ3) is 6.33. The summed E-state index contributed by atoms with van der Waals surface area (Å²) < 4.78 is 18.0. The maximum Gasteiger partial charge on any atom is 0.329 e. The summed E-state index contributed by atoms with van der Waals surface area (Å²) in [5.74, 6) is -2.09. The zero-order valence-corrected chi connectivity index (χ0v) is 15.3. The summed E-state index contributed by atoms with van der Waals surface area (Å²) in [5, 5.41) is 2.66. The Balaban J connectivity index is 1.91. The highest BCUT2D eigenvalue weighted by atomic mass is 19.1. The van der Waals surface area contributed by atoms with E-state index in [0.717, 1.165) is 17.7 Å². The normalized spacial score (nSPS) is 11.7. The number of hydrogen-bond acceptors (Lipinski definition) is 4. The minimum absolute atomic E-state index is 0.145. The molecule has 2 aromatic rings. The van der Waals surface area contributed by atoms with Gasteiger partial charge in [-0.15, -0.1) is 0 Å². The SMILES string of the molecule is CC(C)[C@H](NC(=O)Cc1ccccc1)C(=O)OCC(=O)c1ccc(F)cc1. The molecule has 0 unspecified atom stereocenters. The van der Waals surface area contributed by atoms with Crippen LogP contribution in [0, 0.1) is 11.7 Å². The number of carbonyl (C=O) groups excluding carboxylic acids is 3. The predicted octanol–water partition coefficient (Wildman–Crippen LogP) is 2.94. The van der Waals surface area contributed by atoms with Crippen molar-refractivity contribution in [1.82, 2.24) is 5.32 Å². The van der Waals surface area contributed by atoms with Gasteiger partial charge in [0.05, 0.1) is 6.42 Å². The molecule has 0 aliphatic carbocycles. The van der Waals surface area contributed by atoms with Gasteiger partial charge in [-0.25, -0.2) is 9.18 Å². The van der Waals surface area contributed by atoms with Crippen LogP contribution in [-0.2, 0) is 20.7 Å². The number of ketones is 1. The Kier molecular flexibility index (Phi) is 7.23. The number of carbonyl (C=O) groups is 3. The van der Waals surface area contributed by atoms with Crippen LogP contribution in [-0.4, -0.2) is 30.3 Å². The van der Waals surface area contributed by atoms with Crippen molar-refractivity contribution in [3.63, 3.8) is 0 Å². The number of benzene rings is 2. The van der Waals surface area contributed by atoms with E-state index in [4.69, 9.17) is 4.74 Å². The van der Waals surface area contributed by atoms with Crippen molar-refractivity contribution < 1.29 is 23.5 Å². The number of ether oxygens (including phenoxy) is 1. The molecule has 6 heteroatoms. The zero-order chi connectivity index (χ0) is 19.8. The average Bonchev–Trinajstić information content (AvgIpc) is 2.65. The Bertz CT molecular complexity index is 788. The van der Waals surface area contributed by atoms with Gasteiger partial charge in [0.1, 0.15) is 11.9 Å². The minimum Gasteiger partial charge on any atom is -0.456 e. The van der Waals surface area contributed by atoms with Gasteiger partial charge >= 0.3 is 5.97 Å². The molecule has 2 rings (SSSR count). The van der Waals surface area contributed by atoms with Gasteiger partial charge in [-0.1, -0.05) is 44.2 Å². The Labute approximate surface area is 157 Å². The van der Waals surface area contributed by atoms with E-state index in [0.29, 0.717) is 0 Å². The van der Waals surface area contributed by atoms with Crippen molar-refractivity contribution in [2.75, 3.05) is 6.61 Å². The first-order valence-electron chi connectivity index (χ1n) is 8.65. The summed E-state index contributed by atoms with van der Waals surface area (Å²) in [6.07, 6.45) is 0.145. The molecular formula is C21H22FNO4. The molecule has 27 heavy (non-hydrogen) atoms. The first-order chi connectivity index (χ1) is 12.9. The molecule has 142 valence electrons. The third-order valence-corrected chi connectivity index (χ3v) is 3.96. The number of nitrogens with one attached hydrogen (secondary N) is 1. The predicted molar refractivity (Wildman–Crippen MR) is 98.6 cm³/mol. The lowest BCUT2D eigenvalue weighted by atomic mass is 10.0. The number of esters is 1. The van der Waals surface area contributed by atoms with Crippen LogP contribution < -0.4 is 5.32 Å².